The van der Waals surface area contributed by atoms with Crippen molar-refractivity contribution in [2.45, 2.75) is 39.0 Å². The van der Waals surface area contributed by atoms with Gasteiger partial charge >= 0.3 is 5.97 Å². The fraction of sp³-hybridized carbons (Fsp3) is 0.500. The highest BCUT2D eigenvalue weighted by atomic mass is 16.5. The summed E-state index contributed by atoms with van der Waals surface area (Å²) < 4.78 is 10.2. The first-order valence-electron chi connectivity index (χ1n) is 6.96. The van der Waals surface area contributed by atoms with E-state index in [9.17, 15) is 9.59 Å². The molecule has 5 nitrogen and oxygen atoms in total. The Labute approximate surface area is 125 Å². The third-order valence-electron chi connectivity index (χ3n) is 2.89. The van der Waals surface area contributed by atoms with Gasteiger partial charge in [-0.15, -0.1) is 0 Å². The molecule has 0 atom stereocenters. The molecule has 0 aliphatic heterocycles. The molecular formula is C16H23NO4. The van der Waals surface area contributed by atoms with Crippen molar-refractivity contribution in [3.8, 4) is 5.75 Å². The summed E-state index contributed by atoms with van der Waals surface area (Å²) in [6, 6.07) is 7.92. The molecule has 1 aromatic carbocycles. The molecule has 0 aliphatic carbocycles. The van der Waals surface area contributed by atoms with E-state index in [0.29, 0.717) is 13.0 Å². The number of nitrogens with two attached hydrogens (primary N) is 1. The van der Waals surface area contributed by atoms with Crippen molar-refractivity contribution in [1.82, 2.24) is 0 Å². The van der Waals surface area contributed by atoms with Crippen LogP contribution in [0.25, 0.3) is 0 Å². The lowest BCUT2D eigenvalue weighted by Crippen LogP contribution is -2.21. The largest absolute Gasteiger partial charge is 0.494 e. The molecule has 0 aromatic heterocycles. The third-order valence-corrected chi connectivity index (χ3v) is 2.89. The normalized spacial score (nSPS) is 11.0. The molecule has 2 N–H and O–H groups in total. The average Bonchev–Trinajstić information content (AvgIpc) is 2.41. The van der Waals surface area contributed by atoms with Gasteiger partial charge in [-0.2, -0.15) is 0 Å². The Morgan fingerprint density at radius 2 is 1.76 bits per heavy atom. The predicted molar refractivity (Wildman–Crippen MR) is 80.0 cm³/mol. The number of primary amides is 1. The molecule has 0 spiro atoms. The monoisotopic (exact) mass is 293 g/mol. The van der Waals surface area contributed by atoms with E-state index in [1.807, 2.05) is 24.3 Å². The fourth-order valence-electron chi connectivity index (χ4n) is 1.68. The number of hydrogen-bond donors (Lipinski definition) is 1. The Morgan fingerprint density at radius 3 is 2.29 bits per heavy atom. The number of carbonyl (C=O) groups is 2. The standard InChI is InChI=1S/C16H23NO4/c1-16(2,3)12-6-8-13(9-7-12)20-10-4-5-15(19)21-11-14(17)18/h6-9H,4-5,10-11H2,1-3H3,(H2,17,18). The van der Waals surface area contributed by atoms with Crippen molar-refractivity contribution in [1.29, 1.82) is 0 Å². The van der Waals surface area contributed by atoms with Crippen LogP contribution in [0, 0.1) is 0 Å². The van der Waals surface area contributed by atoms with Crippen LogP contribution in [0.1, 0.15) is 39.2 Å². The van der Waals surface area contributed by atoms with Gasteiger partial charge < -0.3 is 15.2 Å². The average molecular weight is 293 g/mol. The second-order valence-corrected chi connectivity index (χ2v) is 5.85. The van der Waals surface area contributed by atoms with Gasteiger partial charge in [0, 0.05) is 6.42 Å². The van der Waals surface area contributed by atoms with E-state index >= 15 is 0 Å². The first-order valence-corrected chi connectivity index (χ1v) is 6.96. The Morgan fingerprint density at radius 1 is 1.14 bits per heavy atom. The van der Waals surface area contributed by atoms with Crippen molar-refractivity contribution in [3.05, 3.63) is 29.8 Å². The number of hydrogen-bond acceptors (Lipinski definition) is 4. The van der Waals surface area contributed by atoms with Crippen LogP contribution in [-0.2, 0) is 19.7 Å². The number of esters is 1. The smallest absolute Gasteiger partial charge is 0.306 e. The maximum atomic E-state index is 11.2. The molecular weight excluding hydrogens is 270 g/mol. The van der Waals surface area contributed by atoms with Gasteiger partial charge in [0.05, 0.1) is 6.61 Å². The van der Waals surface area contributed by atoms with Gasteiger partial charge in [0.1, 0.15) is 5.75 Å². The first-order chi connectivity index (χ1) is 9.79. The van der Waals surface area contributed by atoms with Gasteiger partial charge in [0.25, 0.3) is 5.91 Å². The van der Waals surface area contributed by atoms with Crippen molar-refractivity contribution < 1.29 is 19.1 Å². The summed E-state index contributed by atoms with van der Waals surface area (Å²) in [6.45, 7) is 6.51. The van der Waals surface area contributed by atoms with Crippen molar-refractivity contribution in [3.63, 3.8) is 0 Å². The summed E-state index contributed by atoms with van der Waals surface area (Å²) in [7, 11) is 0. The van der Waals surface area contributed by atoms with Gasteiger partial charge in [0.15, 0.2) is 6.61 Å². The minimum atomic E-state index is -0.654. The first kappa shape index (κ1) is 17.0. The van der Waals surface area contributed by atoms with Crippen LogP contribution in [0.2, 0.25) is 0 Å². The molecule has 0 saturated heterocycles. The molecule has 0 aliphatic rings. The number of rotatable bonds is 7. The zero-order valence-corrected chi connectivity index (χ0v) is 12.8. The molecule has 0 heterocycles. The lowest BCUT2D eigenvalue weighted by atomic mass is 9.87. The molecule has 1 rings (SSSR count). The summed E-state index contributed by atoms with van der Waals surface area (Å²) >= 11 is 0. The summed E-state index contributed by atoms with van der Waals surface area (Å²) in [5.41, 5.74) is 6.23. The molecule has 1 amide bonds. The molecule has 0 radical (unpaired) electrons. The summed E-state index contributed by atoms with van der Waals surface area (Å²) in [4.78, 5) is 21.7. The molecule has 0 bridgehead atoms. The van der Waals surface area contributed by atoms with Gasteiger partial charge in [-0.1, -0.05) is 32.9 Å². The fourth-order valence-corrected chi connectivity index (χ4v) is 1.68. The summed E-state index contributed by atoms with van der Waals surface area (Å²) in [5, 5.41) is 0. The van der Waals surface area contributed by atoms with Crippen molar-refractivity contribution in [2.24, 2.45) is 5.73 Å². The molecule has 0 saturated carbocycles. The van der Waals surface area contributed by atoms with E-state index in [4.69, 9.17) is 10.5 Å². The van der Waals surface area contributed by atoms with Gasteiger partial charge in [0.2, 0.25) is 0 Å². The minimum Gasteiger partial charge on any atom is -0.494 e. The van der Waals surface area contributed by atoms with Crippen LogP contribution in [0.5, 0.6) is 5.75 Å². The Kier molecular flexibility index (Phi) is 6.21. The molecule has 5 heteroatoms. The predicted octanol–water partition coefficient (Wildman–Crippen LogP) is 2.17. The summed E-state index contributed by atoms with van der Waals surface area (Å²) in [5.74, 6) is -0.326. The summed E-state index contributed by atoms with van der Waals surface area (Å²) in [6.07, 6.45) is 0.728. The van der Waals surface area contributed by atoms with Crippen LogP contribution in [0.15, 0.2) is 24.3 Å². The Balaban J connectivity index is 2.27. The van der Waals surface area contributed by atoms with Crippen molar-refractivity contribution in [2.75, 3.05) is 13.2 Å². The van der Waals surface area contributed by atoms with Crippen LogP contribution < -0.4 is 10.5 Å². The molecule has 116 valence electrons. The van der Waals surface area contributed by atoms with Crippen LogP contribution in [-0.4, -0.2) is 25.1 Å². The van der Waals surface area contributed by atoms with E-state index in [0.717, 1.165) is 5.75 Å². The number of carbonyl (C=O) groups excluding carboxylic acids is 2. The minimum absolute atomic E-state index is 0.114. The third kappa shape index (κ3) is 6.79. The van der Waals surface area contributed by atoms with Crippen molar-refractivity contribution >= 4 is 11.9 Å². The van der Waals surface area contributed by atoms with Gasteiger partial charge in [-0.05, 0) is 29.5 Å². The number of ether oxygens (including phenoxy) is 2. The SMILES string of the molecule is CC(C)(C)c1ccc(OCCCC(=O)OCC(N)=O)cc1. The quantitative estimate of drug-likeness (QED) is 0.617. The second kappa shape index (κ2) is 7.67. The van der Waals surface area contributed by atoms with E-state index in [-0.39, 0.29) is 18.4 Å². The van der Waals surface area contributed by atoms with Crippen LogP contribution in [0.4, 0.5) is 0 Å². The molecule has 0 fully saturated rings. The highest BCUT2D eigenvalue weighted by molar-refractivity contribution is 5.78. The molecule has 1 aromatic rings. The maximum Gasteiger partial charge on any atom is 0.306 e. The van der Waals surface area contributed by atoms with Gasteiger partial charge in [-0.3, -0.25) is 9.59 Å². The van der Waals surface area contributed by atoms with E-state index in [1.54, 1.807) is 0 Å². The number of amides is 1. The second-order valence-electron chi connectivity index (χ2n) is 5.85. The highest BCUT2D eigenvalue weighted by Crippen LogP contribution is 2.24. The van der Waals surface area contributed by atoms with E-state index < -0.39 is 11.9 Å². The topological polar surface area (TPSA) is 78.6 Å². The maximum absolute atomic E-state index is 11.2. The highest BCUT2D eigenvalue weighted by Gasteiger charge is 2.13. The van der Waals surface area contributed by atoms with Crippen LogP contribution >= 0.6 is 0 Å². The molecule has 0 unspecified atom stereocenters. The number of benzene rings is 1. The zero-order chi connectivity index (χ0) is 15.9. The van der Waals surface area contributed by atoms with Gasteiger partial charge in [-0.25, -0.2) is 0 Å². The van der Waals surface area contributed by atoms with E-state index in [2.05, 4.69) is 25.5 Å². The Hall–Kier alpha value is -2.04. The lowest BCUT2D eigenvalue weighted by Gasteiger charge is -2.19. The zero-order valence-electron chi connectivity index (χ0n) is 12.8. The molecule has 21 heavy (non-hydrogen) atoms. The Bertz CT molecular complexity index is 474. The van der Waals surface area contributed by atoms with Crippen LogP contribution in [0.3, 0.4) is 0 Å². The lowest BCUT2D eigenvalue weighted by molar-refractivity contribution is -0.147. The van der Waals surface area contributed by atoms with E-state index in [1.165, 1.54) is 5.56 Å².